The Bertz CT molecular complexity index is 3030. The molecule has 10 heteroatoms. The Hall–Kier alpha value is -4.73. The fourth-order valence-corrected chi connectivity index (χ4v) is 19.7. The molecule has 12 rings (SSSR count). The second kappa shape index (κ2) is 45.8. The minimum Gasteiger partial charge on any atom is -0.399 e. The number of hydrogen-bond acceptors (Lipinski definition) is 1. The van der Waals surface area contributed by atoms with E-state index in [1.54, 1.807) is 17.7 Å². The van der Waals surface area contributed by atoms with Crippen molar-refractivity contribution in [3.8, 4) is 16.9 Å². The molecule has 5 aromatic rings. The summed E-state index contributed by atoms with van der Waals surface area (Å²) < 4.78 is 121. The van der Waals surface area contributed by atoms with Crippen LogP contribution in [-0.2, 0) is 6.42 Å². The maximum absolute atomic E-state index is 14.0. The molecule has 576 valence electrons. The average molecular weight is 1440 g/mol. The first kappa shape index (κ1) is 85.5. The lowest BCUT2D eigenvalue weighted by Gasteiger charge is -2.38. The Labute approximate surface area is 619 Å². The molecule has 1 nitrogen and oxygen atoms in total. The van der Waals surface area contributed by atoms with Crippen LogP contribution >= 0.6 is 0 Å². The van der Waals surface area contributed by atoms with Gasteiger partial charge in [-0.3, -0.25) is 0 Å². The molecule has 0 aliphatic heterocycles. The van der Waals surface area contributed by atoms with Gasteiger partial charge in [0.15, 0.2) is 34.9 Å². The largest absolute Gasteiger partial charge is 0.573 e. The molecule has 0 amide bonds. The lowest BCUT2D eigenvalue weighted by molar-refractivity contribution is -0.276. The smallest absolute Gasteiger partial charge is 0.399 e. The van der Waals surface area contributed by atoms with E-state index in [1.807, 2.05) is 27.7 Å². The number of benzene rings is 5. The molecule has 0 aromatic heterocycles. The Morgan fingerprint density at radius 1 is 0.291 bits per heavy atom. The second-order valence-electron chi connectivity index (χ2n) is 32.3. The maximum atomic E-state index is 14.0. The van der Waals surface area contributed by atoms with Gasteiger partial charge in [-0.2, -0.15) is 0 Å². The fourth-order valence-electron chi connectivity index (χ4n) is 19.7. The van der Waals surface area contributed by atoms with E-state index in [-0.39, 0.29) is 5.92 Å². The number of aryl methyl sites for hydroxylation is 1. The van der Waals surface area contributed by atoms with Crippen molar-refractivity contribution in [2.24, 2.45) is 65.1 Å². The van der Waals surface area contributed by atoms with Crippen LogP contribution in [0.1, 0.15) is 346 Å². The van der Waals surface area contributed by atoms with E-state index in [0.29, 0.717) is 17.4 Å². The minimum absolute atomic E-state index is 0.00313. The molecule has 0 spiro atoms. The topological polar surface area (TPSA) is 9.23 Å². The highest BCUT2D eigenvalue weighted by Crippen LogP contribution is 2.48. The Balaban J connectivity index is 0.000000190. The molecule has 0 bridgehead atoms. The minimum atomic E-state index is -5.11. The van der Waals surface area contributed by atoms with Crippen LogP contribution in [0.15, 0.2) is 103 Å². The quantitative estimate of drug-likeness (QED) is 0.0666. The van der Waals surface area contributed by atoms with Crippen LogP contribution in [0, 0.1) is 100 Å². The molecule has 7 aliphatic carbocycles. The van der Waals surface area contributed by atoms with E-state index < -0.39 is 47.0 Å². The fraction of sp³-hybridized carbons (Fsp3) is 0.677. The molecular weight excluding hydrogens is 1300 g/mol. The highest BCUT2D eigenvalue weighted by atomic mass is 19.4. The summed E-state index contributed by atoms with van der Waals surface area (Å²) in [5.41, 5.74) is 6.57. The van der Waals surface area contributed by atoms with Gasteiger partial charge in [0, 0.05) is 0 Å². The third-order valence-corrected chi connectivity index (χ3v) is 25.6. The molecule has 0 radical (unpaired) electrons. The van der Waals surface area contributed by atoms with Gasteiger partial charge in [0.25, 0.3) is 0 Å². The molecule has 103 heavy (non-hydrogen) atoms. The molecule has 0 atom stereocenters. The van der Waals surface area contributed by atoms with Crippen molar-refractivity contribution in [3.63, 3.8) is 0 Å². The van der Waals surface area contributed by atoms with E-state index in [2.05, 4.69) is 87.0 Å². The maximum Gasteiger partial charge on any atom is 0.573 e. The summed E-state index contributed by atoms with van der Waals surface area (Å²) in [7, 11) is 0. The molecule has 0 saturated heterocycles. The SMILES string of the molecule is CC.CC.CCCC1CCC(C2CCC(CCc3ccc(F)c(F)c3)CC2)CC1.CCCC1CCC(C2CCC(c3cc(F)c(OC(F)(F)F)c(F)c3)CC2)CC1.CCCC1CCC(CCC2CCC(c3ccc(F)c(F)c3)CC2)CC1.CCCC1CCC(c2ccc(-c3ccccc3)cc2)CC1. The summed E-state index contributed by atoms with van der Waals surface area (Å²) in [6.07, 6.45) is 47.1. The van der Waals surface area contributed by atoms with Crippen LogP contribution in [0.3, 0.4) is 0 Å². The van der Waals surface area contributed by atoms with Crippen molar-refractivity contribution in [2.45, 2.75) is 336 Å². The van der Waals surface area contributed by atoms with E-state index in [1.165, 1.54) is 241 Å². The molecule has 0 unspecified atom stereocenters. The lowest BCUT2D eigenvalue weighted by atomic mass is 9.68. The van der Waals surface area contributed by atoms with Crippen LogP contribution in [0.5, 0.6) is 5.75 Å². The highest BCUT2D eigenvalue weighted by Gasteiger charge is 2.37. The Morgan fingerprint density at radius 2 is 0.592 bits per heavy atom. The average Bonchev–Trinajstić information content (AvgIpc) is 0.812. The van der Waals surface area contributed by atoms with Gasteiger partial charge in [0.05, 0.1) is 0 Å². The van der Waals surface area contributed by atoms with E-state index >= 15 is 0 Å². The van der Waals surface area contributed by atoms with Gasteiger partial charge in [0.1, 0.15) is 0 Å². The van der Waals surface area contributed by atoms with Crippen molar-refractivity contribution < 1.29 is 44.3 Å². The molecule has 5 aromatic carbocycles. The van der Waals surface area contributed by atoms with E-state index in [4.69, 9.17) is 0 Å². The number of alkyl halides is 3. The van der Waals surface area contributed by atoms with Crippen LogP contribution in [-0.4, -0.2) is 6.36 Å². The summed E-state index contributed by atoms with van der Waals surface area (Å²) in [4.78, 5) is 0. The predicted octanol–water partition coefficient (Wildman–Crippen LogP) is 31.2. The van der Waals surface area contributed by atoms with Crippen molar-refractivity contribution in [1.29, 1.82) is 0 Å². The number of hydrogen-bond donors (Lipinski definition) is 0. The van der Waals surface area contributed by atoms with Gasteiger partial charge < -0.3 is 4.74 Å². The van der Waals surface area contributed by atoms with Crippen molar-refractivity contribution in [2.75, 3.05) is 0 Å². The van der Waals surface area contributed by atoms with Crippen LogP contribution < -0.4 is 4.74 Å². The zero-order chi connectivity index (χ0) is 74.1. The molecule has 0 N–H and O–H groups in total. The third kappa shape index (κ3) is 28.4. The van der Waals surface area contributed by atoms with Gasteiger partial charge >= 0.3 is 6.36 Å². The van der Waals surface area contributed by atoms with Gasteiger partial charge in [-0.05, 0) is 281 Å². The van der Waals surface area contributed by atoms with Gasteiger partial charge in [-0.15, -0.1) is 13.2 Å². The Morgan fingerprint density at radius 3 is 0.981 bits per heavy atom. The first-order chi connectivity index (χ1) is 49.9. The highest BCUT2D eigenvalue weighted by molar-refractivity contribution is 5.63. The third-order valence-electron chi connectivity index (χ3n) is 25.6. The molecule has 7 aliphatic rings. The summed E-state index contributed by atoms with van der Waals surface area (Å²) in [5, 5.41) is 0. The summed E-state index contributed by atoms with van der Waals surface area (Å²) >= 11 is 0. The number of ether oxygens (including phenoxy) is 1. The van der Waals surface area contributed by atoms with E-state index in [0.717, 1.165) is 140 Å². The second-order valence-corrected chi connectivity index (χ2v) is 32.3. The zero-order valence-electron chi connectivity index (χ0n) is 65.0. The normalized spacial score (nSPS) is 27.2. The van der Waals surface area contributed by atoms with Crippen molar-refractivity contribution >= 4 is 0 Å². The van der Waals surface area contributed by atoms with Crippen LogP contribution in [0.4, 0.5) is 39.5 Å². The van der Waals surface area contributed by atoms with Crippen molar-refractivity contribution in [3.05, 3.63) is 160 Å². The summed E-state index contributed by atoms with van der Waals surface area (Å²) in [5.74, 6) is 4.26. The van der Waals surface area contributed by atoms with Gasteiger partial charge in [-0.1, -0.05) is 251 Å². The number of halogens is 9. The summed E-state index contributed by atoms with van der Waals surface area (Å²) in [6, 6.07) is 30.8. The van der Waals surface area contributed by atoms with Crippen LogP contribution in [0.2, 0.25) is 0 Å². The van der Waals surface area contributed by atoms with Gasteiger partial charge in [0.2, 0.25) is 5.75 Å². The lowest BCUT2D eigenvalue weighted by Crippen LogP contribution is -2.26. The van der Waals surface area contributed by atoms with Crippen LogP contribution in [0.25, 0.3) is 11.1 Å². The summed E-state index contributed by atoms with van der Waals surface area (Å²) in [6.45, 7) is 17.2. The Kier molecular flexibility index (Phi) is 38.0. The monoisotopic (exact) mass is 1440 g/mol. The zero-order valence-corrected chi connectivity index (χ0v) is 65.0. The first-order valence-electron chi connectivity index (χ1n) is 42.2. The van der Waals surface area contributed by atoms with Gasteiger partial charge in [-0.25, -0.2) is 26.3 Å². The molecule has 0 heterocycles. The molecule has 7 saturated carbocycles. The number of rotatable bonds is 21. The first-order valence-corrected chi connectivity index (χ1v) is 42.2. The molecular formula is C93H135F9O. The standard InChI is InChI=1S/2C23H34F2.C22H29F5O.C21H26.2C2H6/c1-2-3-17-4-6-18(7-5-17)8-9-19-10-12-20(13-11-19)21-14-15-22(24)23(25)16-21;1-2-3-17-6-11-20(12-7-17)21-13-8-18(9-14-21)4-5-19-10-15-22(24)23(25)16-19;1-2-3-14-4-6-15(7-5-14)16-8-10-17(11-9-16)18-12-19(23)21(20(24)13-18)28-22(25,26)27;1-2-6-17-9-11-19(12-10-17)21-15-13-20(14-16-21)18-7-4-3-5-8-18;2*1-2/h14-20H,2-13H2,1H3;10,15-18,20-21H,2-9,11-14H2,1H3;12-17H,2-11H2,1H3;3-5,7-8,13-17,19H,2,6,9-12H2,1H3;2*1-2H3. The molecule has 7 fully saturated rings. The van der Waals surface area contributed by atoms with E-state index in [9.17, 15) is 39.5 Å². The van der Waals surface area contributed by atoms with Crippen molar-refractivity contribution in [1.82, 2.24) is 0 Å². The predicted molar refractivity (Wildman–Crippen MR) is 413 cm³/mol.